The van der Waals surface area contributed by atoms with Crippen LogP contribution in [0.5, 0.6) is 0 Å². The van der Waals surface area contributed by atoms with E-state index in [9.17, 15) is 0 Å². The molecule has 0 aromatic carbocycles. The van der Waals surface area contributed by atoms with E-state index in [1.807, 2.05) is 0 Å². The Bertz CT molecular complexity index is 300. The van der Waals surface area contributed by atoms with Crippen LogP contribution >= 0.6 is 0 Å². The Kier molecular flexibility index (Phi) is 2.53. The summed E-state index contributed by atoms with van der Waals surface area (Å²) in [4.78, 5) is 6.22. The molecule has 1 aliphatic heterocycles. The summed E-state index contributed by atoms with van der Waals surface area (Å²) in [5.74, 6) is 1.03. The topological polar surface area (TPSA) is 80.1 Å². The van der Waals surface area contributed by atoms with Crippen molar-refractivity contribution < 1.29 is 4.74 Å². The lowest BCUT2D eigenvalue weighted by Crippen LogP contribution is -2.35. The molecule has 0 aliphatic carbocycles. The number of nitrogens with one attached hydrogen (secondary N) is 1. The van der Waals surface area contributed by atoms with Gasteiger partial charge in [0.25, 0.3) is 0 Å². The summed E-state index contributed by atoms with van der Waals surface area (Å²) in [5.41, 5.74) is 5.48. The van der Waals surface area contributed by atoms with Crippen LogP contribution in [0.15, 0.2) is 0 Å². The highest BCUT2D eigenvalue weighted by atomic mass is 16.5. The van der Waals surface area contributed by atoms with Crippen molar-refractivity contribution in [3.8, 4) is 0 Å². The first-order chi connectivity index (χ1) is 6.77. The number of hydrogen-bond acceptors (Lipinski definition) is 5. The van der Waals surface area contributed by atoms with Gasteiger partial charge in [0.2, 0.25) is 11.9 Å². The highest BCUT2D eigenvalue weighted by molar-refractivity contribution is 5.35. The van der Waals surface area contributed by atoms with Gasteiger partial charge < -0.3 is 15.4 Å². The van der Waals surface area contributed by atoms with Crippen LogP contribution < -0.4 is 10.6 Å². The molecule has 0 bridgehead atoms. The molecule has 1 fully saturated rings. The summed E-state index contributed by atoms with van der Waals surface area (Å²) < 4.78 is 5.43. The number of rotatable bonds is 1. The van der Waals surface area contributed by atoms with Gasteiger partial charge in [0.05, 0.1) is 12.6 Å². The molecule has 0 saturated carbocycles. The standard InChI is InChI=1S/C8H15N5O/c1-6-5-14-4-2-3-13(6)8-10-7(9)11-12-8/h6H,2-5H2,1H3,(H3,9,10,11,12). The highest BCUT2D eigenvalue weighted by Gasteiger charge is 2.20. The van der Waals surface area contributed by atoms with E-state index < -0.39 is 0 Å². The Morgan fingerprint density at radius 3 is 3.21 bits per heavy atom. The van der Waals surface area contributed by atoms with Crippen molar-refractivity contribution in [3.63, 3.8) is 0 Å². The Hall–Kier alpha value is -1.30. The van der Waals surface area contributed by atoms with E-state index in [0.29, 0.717) is 24.5 Å². The molecular weight excluding hydrogens is 182 g/mol. The molecule has 1 atom stereocenters. The van der Waals surface area contributed by atoms with Gasteiger partial charge in [-0.1, -0.05) is 0 Å². The summed E-state index contributed by atoms with van der Waals surface area (Å²) >= 11 is 0. The molecule has 6 nitrogen and oxygen atoms in total. The van der Waals surface area contributed by atoms with Gasteiger partial charge in [-0.15, -0.1) is 5.10 Å². The van der Waals surface area contributed by atoms with E-state index >= 15 is 0 Å². The highest BCUT2D eigenvalue weighted by Crippen LogP contribution is 2.15. The van der Waals surface area contributed by atoms with Crippen LogP contribution in [0.25, 0.3) is 0 Å². The number of aromatic nitrogens is 3. The SMILES string of the molecule is CC1COCCCN1c1n[nH]c(N)n1. The Labute approximate surface area is 82.4 Å². The molecule has 1 unspecified atom stereocenters. The number of nitrogens with two attached hydrogens (primary N) is 1. The van der Waals surface area contributed by atoms with E-state index in [1.165, 1.54) is 0 Å². The minimum atomic E-state index is 0.299. The zero-order valence-electron chi connectivity index (χ0n) is 8.23. The Balaban J connectivity index is 2.14. The second kappa shape index (κ2) is 3.83. The second-order valence-corrected chi connectivity index (χ2v) is 3.49. The van der Waals surface area contributed by atoms with Crippen molar-refractivity contribution in [1.29, 1.82) is 0 Å². The quantitative estimate of drug-likeness (QED) is 0.662. The van der Waals surface area contributed by atoms with Crippen LogP contribution in [0.2, 0.25) is 0 Å². The van der Waals surface area contributed by atoms with Gasteiger partial charge in [0, 0.05) is 13.2 Å². The largest absolute Gasteiger partial charge is 0.379 e. The van der Waals surface area contributed by atoms with Crippen molar-refractivity contribution >= 4 is 11.9 Å². The lowest BCUT2D eigenvalue weighted by Gasteiger charge is -2.24. The van der Waals surface area contributed by atoms with Crippen molar-refractivity contribution in [3.05, 3.63) is 0 Å². The third-order valence-corrected chi connectivity index (χ3v) is 2.33. The van der Waals surface area contributed by atoms with Crippen LogP contribution in [0.4, 0.5) is 11.9 Å². The minimum absolute atomic E-state index is 0.299. The molecular formula is C8H15N5O. The van der Waals surface area contributed by atoms with E-state index in [4.69, 9.17) is 10.5 Å². The minimum Gasteiger partial charge on any atom is -0.379 e. The van der Waals surface area contributed by atoms with Gasteiger partial charge in [-0.05, 0) is 13.3 Å². The maximum atomic E-state index is 5.48. The maximum absolute atomic E-state index is 5.48. The van der Waals surface area contributed by atoms with E-state index in [-0.39, 0.29) is 0 Å². The average Bonchev–Trinajstić information content (AvgIpc) is 2.46. The van der Waals surface area contributed by atoms with Gasteiger partial charge in [0.15, 0.2) is 0 Å². The van der Waals surface area contributed by atoms with Crippen LogP contribution in [-0.2, 0) is 4.74 Å². The summed E-state index contributed by atoms with van der Waals surface area (Å²) in [7, 11) is 0. The zero-order chi connectivity index (χ0) is 9.97. The number of nitrogens with zero attached hydrogens (tertiary/aromatic N) is 3. The molecule has 14 heavy (non-hydrogen) atoms. The smallest absolute Gasteiger partial charge is 0.246 e. The summed E-state index contributed by atoms with van der Waals surface area (Å²) in [5, 5.41) is 6.68. The number of anilines is 2. The predicted molar refractivity (Wildman–Crippen MR) is 53.0 cm³/mol. The molecule has 3 N–H and O–H groups in total. The van der Waals surface area contributed by atoms with E-state index in [1.54, 1.807) is 0 Å². The van der Waals surface area contributed by atoms with Crippen LogP contribution in [0, 0.1) is 0 Å². The lowest BCUT2D eigenvalue weighted by molar-refractivity contribution is 0.137. The first kappa shape index (κ1) is 9.26. The molecule has 0 radical (unpaired) electrons. The van der Waals surface area contributed by atoms with Gasteiger partial charge in [-0.25, -0.2) is 5.10 Å². The van der Waals surface area contributed by atoms with Gasteiger partial charge in [-0.2, -0.15) is 4.98 Å². The number of hydrogen-bond donors (Lipinski definition) is 2. The third-order valence-electron chi connectivity index (χ3n) is 2.33. The number of ether oxygens (including phenoxy) is 1. The molecule has 1 aromatic heterocycles. The van der Waals surface area contributed by atoms with E-state index in [2.05, 4.69) is 27.0 Å². The first-order valence-corrected chi connectivity index (χ1v) is 4.79. The van der Waals surface area contributed by atoms with Crippen LogP contribution in [0.1, 0.15) is 13.3 Å². The molecule has 2 heterocycles. The fourth-order valence-corrected chi connectivity index (χ4v) is 1.59. The summed E-state index contributed by atoms with van der Waals surface area (Å²) in [6, 6.07) is 0.299. The molecule has 2 rings (SSSR count). The van der Waals surface area contributed by atoms with Crippen molar-refractivity contribution in [2.45, 2.75) is 19.4 Å². The lowest BCUT2D eigenvalue weighted by atomic mass is 10.3. The Morgan fingerprint density at radius 1 is 1.64 bits per heavy atom. The first-order valence-electron chi connectivity index (χ1n) is 4.79. The van der Waals surface area contributed by atoms with Gasteiger partial charge in [0.1, 0.15) is 0 Å². The number of aromatic amines is 1. The van der Waals surface area contributed by atoms with Crippen molar-refractivity contribution in [1.82, 2.24) is 15.2 Å². The van der Waals surface area contributed by atoms with Crippen LogP contribution in [0.3, 0.4) is 0 Å². The van der Waals surface area contributed by atoms with Gasteiger partial charge >= 0.3 is 0 Å². The predicted octanol–water partition coefficient (Wildman–Crippen LogP) is 0.00210. The molecule has 1 saturated heterocycles. The van der Waals surface area contributed by atoms with Crippen molar-refractivity contribution in [2.24, 2.45) is 0 Å². The van der Waals surface area contributed by atoms with Crippen LogP contribution in [-0.4, -0.2) is 41.0 Å². The number of H-pyrrole nitrogens is 1. The molecule has 1 aromatic rings. The third kappa shape index (κ3) is 1.79. The molecule has 0 spiro atoms. The van der Waals surface area contributed by atoms with Crippen molar-refractivity contribution in [2.75, 3.05) is 30.4 Å². The fourth-order valence-electron chi connectivity index (χ4n) is 1.59. The Morgan fingerprint density at radius 2 is 2.50 bits per heavy atom. The summed E-state index contributed by atoms with van der Waals surface area (Å²) in [6.07, 6.45) is 0.999. The fraction of sp³-hybridized carbons (Fsp3) is 0.750. The average molecular weight is 197 g/mol. The maximum Gasteiger partial charge on any atom is 0.246 e. The zero-order valence-corrected chi connectivity index (χ0v) is 8.23. The summed E-state index contributed by atoms with van der Waals surface area (Å²) in [6.45, 7) is 4.53. The van der Waals surface area contributed by atoms with E-state index in [0.717, 1.165) is 19.6 Å². The molecule has 0 amide bonds. The number of nitrogen functional groups attached to an aromatic ring is 1. The van der Waals surface area contributed by atoms with Gasteiger partial charge in [-0.3, -0.25) is 0 Å². The molecule has 6 heteroatoms. The monoisotopic (exact) mass is 197 g/mol. The normalized spacial score (nSPS) is 23.5. The molecule has 1 aliphatic rings. The second-order valence-electron chi connectivity index (χ2n) is 3.49. The molecule has 78 valence electrons.